The van der Waals surface area contributed by atoms with Crippen molar-refractivity contribution >= 4 is 21.7 Å². The summed E-state index contributed by atoms with van der Waals surface area (Å²) in [5, 5.41) is 3.53. The molecule has 2 amide bonds. The van der Waals surface area contributed by atoms with Gasteiger partial charge in [-0.15, -0.1) is 0 Å². The molecule has 6 nitrogen and oxygen atoms in total. The Morgan fingerprint density at radius 2 is 1.65 bits per heavy atom. The van der Waals surface area contributed by atoms with E-state index in [1.165, 1.54) is 18.2 Å². The summed E-state index contributed by atoms with van der Waals surface area (Å²) in [7, 11) is -0.318. The van der Waals surface area contributed by atoms with Crippen LogP contribution in [0.25, 0.3) is 0 Å². The van der Waals surface area contributed by atoms with Crippen molar-refractivity contribution in [2.24, 2.45) is 0 Å². The van der Waals surface area contributed by atoms with Crippen molar-refractivity contribution in [1.82, 2.24) is 9.62 Å². The van der Waals surface area contributed by atoms with Gasteiger partial charge in [0, 0.05) is 17.6 Å². The van der Waals surface area contributed by atoms with Gasteiger partial charge in [0.2, 0.25) is 0 Å². The molecule has 0 unspecified atom stereocenters. The molecule has 8 heteroatoms. The molecule has 26 heavy (non-hydrogen) atoms. The van der Waals surface area contributed by atoms with Gasteiger partial charge in [0.25, 0.3) is 10.0 Å². The SMILES string of the molecule is CC(C)c1cc(F)cc(C(C)C)c1NC(=O)NS(=O)(=O)/C=C/CN(C)C. The van der Waals surface area contributed by atoms with Crippen LogP contribution in [-0.4, -0.2) is 40.0 Å². The monoisotopic (exact) mass is 385 g/mol. The van der Waals surface area contributed by atoms with Crippen LogP contribution >= 0.6 is 0 Å². The maximum Gasteiger partial charge on any atom is 0.333 e. The Labute approximate surface area is 155 Å². The maximum absolute atomic E-state index is 13.9. The molecule has 0 radical (unpaired) electrons. The van der Waals surface area contributed by atoms with Crippen LogP contribution in [0.1, 0.15) is 50.7 Å². The van der Waals surface area contributed by atoms with Gasteiger partial charge in [-0.2, -0.15) is 0 Å². The molecule has 0 aliphatic rings. The van der Waals surface area contributed by atoms with E-state index in [0.717, 1.165) is 5.41 Å². The van der Waals surface area contributed by atoms with Crippen LogP contribution in [0.5, 0.6) is 0 Å². The van der Waals surface area contributed by atoms with Crippen molar-refractivity contribution in [1.29, 1.82) is 0 Å². The predicted octanol–water partition coefficient (Wildman–Crippen LogP) is 3.60. The molecule has 0 aliphatic carbocycles. The molecule has 0 fully saturated rings. The van der Waals surface area contributed by atoms with Crippen molar-refractivity contribution in [3.63, 3.8) is 0 Å². The van der Waals surface area contributed by atoms with Crippen LogP contribution in [0.4, 0.5) is 14.9 Å². The van der Waals surface area contributed by atoms with E-state index in [9.17, 15) is 17.6 Å². The summed E-state index contributed by atoms with van der Waals surface area (Å²) < 4.78 is 39.8. The predicted molar refractivity (Wildman–Crippen MR) is 103 cm³/mol. The van der Waals surface area contributed by atoms with Crippen LogP contribution in [0.3, 0.4) is 0 Å². The number of sulfonamides is 1. The summed E-state index contributed by atoms with van der Waals surface area (Å²) in [6.07, 6.45) is 1.44. The molecule has 0 spiro atoms. The first-order chi connectivity index (χ1) is 11.9. The summed E-state index contributed by atoms with van der Waals surface area (Å²) in [6.45, 7) is 7.94. The zero-order valence-electron chi connectivity index (χ0n) is 16.1. The van der Waals surface area contributed by atoms with Crippen LogP contribution < -0.4 is 10.0 Å². The lowest BCUT2D eigenvalue weighted by atomic mass is 9.92. The Balaban J connectivity index is 3.07. The third-order valence-corrected chi connectivity index (χ3v) is 4.65. The summed E-state index contributed by atoms with van der Waals surface area (Å²) in [5.74, 6) is -0.479. The highest BCUT2D eigenvalue weighted by Gasteiger charge is 2.19. The number of urea groups is 1. The van der Waals surface area contributed by atoms with Crippen LogP contribution in [0, 0.1) is 5.82 Å². The smallest absolute Gasteiger partial charge is 0.307 e. The molecule has 1 aromatic carbocycles. The van der Waals surface area contributed by atoms with Gasteiger partial charge in [0.05, 0.1) is 0 Å². The second-order valence-electron chi connectivity index (χ2n) is 7.00. The Morgan fingerprint density at radius 1 is 1.15 bits per heavy atom. The highest BCUT2D eigenvalue weighted by molar-refractivity contribution is 7.92. The van der Waals surface area contributed by atoms with Crippen molar-refractivity contribution in [2.75, 3.05) is 26.0 Å². The van der Waals surface area contributed by atoms with E-state index in [1.807, 2.05) is 32.4 Å². The van der Waals surface area contributed by atoms with Crippen molar-refractivity contribution in [3.05, 3.63) is 40.6 Å². The number of carbonyl (C=O) groups excluding carboxylic acids is 1. The second kappa shape index (κ2) is 9.14. The lowest BCUT2D eigenvalue weighted by Crippen LogP contribution is -2.34. The van der Waals surface area contributed by atoms with Crippen molar-refractivity contribution in [2.45, 2.75) is 39.5 Å². The molecule has 0 aliphatic heterocycles. The minimum atomic E-state index is -3.91. The molecule has 0 heterocycles. The fourth-order valence-electron chi connectivity index (χ4n) is 2.39. The highest BCUT2D eigenvalue weighted by Crippen LogP contribution is 2.33. The Hall–Kier alpha value is -1.93. The van der Waals surface area contributed by atoms with E-state index in [0.29, 0.717) is 23.4 Å². The number of carbonyl (C=O) groups is 1. The number of nitrogens with zero attached hydrogens (tertiary/aromatic N) is 1. The van der Waals surface area contributed by atoms with Crippen LogP contribution in [0.15, 0.2) is 23.6 Å². The minimum absolute atomic E-state index is 0.0462. The Morgan fingerprint density at radius 3 is 2.08 bits per heavy atom. The van der Waals surface area contributed by atoms with Gasteiger partial charge in [0.1, 0.15) is 5.82 Å². The molecule has 1 rings (SSSR count). The average molecular weight is 386 g/mol. The molecule has 0 saturated heterocycles. The van der Waals surface area contributed by atoms with E-state index in [4.69, 9.17) is 0 Å². The molecule has 146 valence electrons. The summed E-state index contributed by atoms with van der Waals surface area (Å²) in [6, 6.07) is 1.84. The normalized spacial score (nSPS) is 12.4. The first-order valence-corrected chi connectivity index (χ1v) is 9.96. The van der Waals surface area contributed by atoms with E-state index in [-0.39, 0.29) is 17.7 Å². The van der Waals surface area contributed by atoms with Gasteiger partial charge >= 0.3 is 6.03 Å². The molecule has 0 saturated carbocycles. The zero-order valence-corrected chi connectivity index (χ0v) is 16.9. The molecule has 0 atom stereocenters. The third-order valence-electron chi connectivity index (χ3n) is 3.63. The molecule has 0 bridgehead atoms. The number of hydrogen-bond acceptors (Lipinski definition) is 4. The number of likely N-dealkylation sites (N-methyl/N-ethyl adjacent to an activating group) is 1. The van der Waals surface area contributed by atoms with Crippen molar-refractivity contribution in [3.8, 4) is 0 Å². The fraction of sp³-hybridized carbons (Fsp3) is 0.500. The highest BCUT2D eigenvalue weighted by atomic mass is 32.2. The quantitative estimate of drug-likeness (QED) is 0.752. The average Bonchev–Trinajstić information content (AvgIpc) is 2.46. The van der Waals surface area contributed by atoms with E-state index < -0.39 is 16.1 Å². The van der Waals surface area contributed by atoms with Crippen LogP contribution in [-0.2, 0) is 10.0 Å². The molecule has 1 aromatic rings. The lowest BCUT2D eigenvalue weighted by molar-refractivity contribution is 0.256. The van der Waals surface area contributed by atoms with E-state index >= 15 is 0 Å². The first-order valence-electron chi connectivity index (χ1n) is 8.41. The van der Waals surface area contributed by atoms with Gasteiger partial charge < -0.3 is 10.2 Å². The van der Waals surface area contributed by atoms with Gasteiger partial charge in [-0.1, -0.05) is 33.8 Å². The van der Waals surface area contributed by atoms with E-state index in [1.54, 1.807) is 19.0 Å². The number of rotatable bonds is 7. The summed E-state index contributed by atoms with van der Waals surface area (Å²) in [4.78, 5) is 14.0. The number of anilines is 1. The third kappa shape index (κ3) is 6.76. The summed E-state index contributed by atoms with van der Waals surface area (Å²) >= 11 is 0. The number of halogens is 1. The molecule has 0 aromatic heterocycles. The lowest BCUT2D eigenvalue weighted by Gasteiger charge is -2.20. The minimum Gasteiger partial charge on any atom is -0.307 e. The molecule has 2 N–H and O–H groups in total. The largest absolute Gasteiger partial charge is 0.333 e. The van der Waals surface area contributed by atoms with Gasteiger partial charge in [0.15, 0.2) is 0 Å². The first kappa shape index (κ1) is 22.1. The fourth-order valence-corrected chi connectivity index (χ4v) is 3.10. The van der Waals surface area contributed by atoms with Gasteiger partial charge in [-0.25, -0.2) is 22.3 Å². The second-order valence-corrected chi connectivity index (χ2v) is 8.57. The summed E-state index contributed by atoms with van der Waals surface area (Å²) in [5.41, 5.74) is 1.68. The zero-order chi connectivity index (χ0) is 20.1. The molecular formula is C18H28FN3O3S. The Bertz CT molecular complexity index is 743. The van der Waals surface area contributed by atoms with Crippen molar-refractivity contribution < 1.29 is 17.6 Å². The maximum atomic E-state index is 13.9. The van der Waals surface area contributed by atoms with Gasteiger partial charge in [-0.3, -0.25) is 0 Å². The van der Waals surface area contributed by atoms with E-state index in [2.05, 4.69) is 5.32 Å². The topological polar surface area (TPSA) is 78.5 Å². The molecular weight excluding hydrogens is 357 g/mol. The number of hydrogen-bond donors (Lipinski definition) is 2. The van der Waals surface area contributed by atoms with Crippen LogP contribution in [0.2, 0.25) is 0 Å². The van der Waals surface area contributed by atoms with Gasteiger partial charge in [-0.05, 0) is 49.2 Å². The Kier molecular flexibility index (Phi) is 7.77. The number of nitrogens with one attached hydrogen (secondary N) is 2. The standard InChI is InChI=1S/C18H28FN3O3S/c1-12(2)15-10-14(19)11-16(13(3)4)17(15)20-18(23)21-26(24,25)9-7-8-22(5)6/h7,9-13H,8H2,1-6H3,(H2,20,21,23)/b9-7+. The number of amides is 2. The number of benzene rings is 1.